The minimum atomic E-state index is -0.0680. The Balaban J connectivity index is 1.62. The van der Waals surface area contributed by atoms with Gasteiger partial charge < -0.3 is 5.32 Å². The van der Waals surface area contributed by atoms with Crippen LogP contribution in [-0.4, -0.2) is 45.8 Å². The van der Waals surface area contributed by atoms with E-state index >= 15 is 0 Å². The quantitative estimate of drug-likeness (QED) is 0.720. The van der Waals surface area contributed by atoms with Crippen LogP contribution in [-0.2, 0) is 13.1 Å². The Labute approximate surface area is 100 Å². The van der Waals surface area contributed by atoms with Crippen LogP contribution < -0.4 is 11.0 Å². The normalized spacial score (nSPS) is 22.6. The number of H-pyrrole nitrogens is 1. The number of hydrogen-bond donors (Lipinski definition) is 2. The van der Waals surface area contributed by atoms with E-state index in [1.54, 1.807) is 4.57 Å². The Morgan fingerprint density at radius 2 is 2.12 bits per heavy atom. The van der Waals surface area contributed by atoms with E-state index in [9.17, 15) is 4.79 Å². The van der Waals surface area contributed by atoms with Gasteiger partial charge in [-0.3, -0.25) is 9.47 Å². The molecule has 0 radical (unpaired) electrons. The number of nitrogens with one attached hydrogen (secondary N) is 2. The summed E-state index contributed by atoms with van der Waals surface area (Å²) in [5.74, 6) is 1.68. The molecule has 2 N–H and O–H groups in total. The van der Waals surface area contributed by atoms with Crippen molar-refractivity contribution < 1.29 is 0 Å². The summed E-state index contributed by atoms with van der Waals surface area (Å²) in [6.45, 7) is 5.98. The molecule has 0 unspecified atom stereocenters. The van der Waals surface area contributed by atoms with Gasteiger partial charge in [0.05, 0.1) is 6.54 Å². The first-order valence-corrected chi connectivity index (χ1v) is 6.40. The number of aromatic nitrogens is 3. The zero-order chi connectivity index (χ0) is 11.7. The third-order valence-corrected chi connectivity index (χ3v) is 3.82. The highest BCUT2D eigenvalue weighted by atomic mass is 16.1. The van der Waals surface area contributed by atoms with Crippen LogP contribution in [0.2, 0.25) is 0 Å². The molecule has 0 bridgehead atoms. The minimum Gasteiger partial charge on any atom is -0.317 e. The summed E-state index contributed by atoms with van der Waals surface area (Å²) < 4.78 is 1.75. The topological polar surface area (TPSA) is 66.0 Å². The van der Waals surface area contributed by atoms with E-state index in [1.165, 1.54) is 12.8 Å². The first kappa shape index (κ1) is 11.0. The van der Waals surface area contributed by atoms with Gasteiger partial charge in [0.2, 0.25) is 0 Å². The van der Waals surface area contributed by atoms with Gasteiger partial charge in [0.1, 0.15) is 5.82 Å². The summed E-state index contributed by atoms with van der Waals surface area (Å²) in [4.78, 5) is 13.8. The number of piperidine rings is 1. The van der Waals surface area contributed by atoms with Gasteiger partial charge in [-0.05, 0) is 31.8 Å². The highest BCUT2D eigenvalue weighted by Gasteiger charge is 2.22. The molecular weight excluding hydrogens is 218 g/mol. The van der Waals surface area contributed by atoms with Crippen LogP contribution in [0, 0.1) is 5.92 Å². The van der Waals surface area contributed by atoms with Crippen LogP contribution in [0.1, 0.15) is 18.7 Å². The molecule has 6 nitrogen and oxygen atoms in total. The lowest BCUT2D eigenvalue weighted by molar-refractivity contribution is 0.167. The summed E-state index contributed by atoms with van der Waals surface area (Å²) in [5, 5.41) is 9.98. The largest absolute Gasteiger partial charge is 0.343 e. The van der Waals surface area contributed by atoms with Crippen LogP contribution in [0.5, 0.6) is 0 Å². The molecule has 0 spiro atoms. The van der Waals surface area contributed by atoms with E-state index < -0.39 is 0 Å². The molecule has 3 rings (SSSR count). The van der Waals surface area contributed by atoms with Crippen molar-refractivity contribution in [3.63, 3.8) is 0 Å². The Kier molecular flexibility index (Phi) is 2.98. The molecule has 2 aliphatic heterocycles. The van der Waals surface area contributed by atoms with E-state index in [-0.39, 0.29) is 5.69 Å². The minimum absolute atomic E-state index is 0.0680. The van der Waals surface area contributed by atoms with Gasteiger partial charge in [-0.1, -0.05) is 0 Å². The molecule has 1 fully saturated rings. The van der Waals surface area contributed by atoms with Crippen molar-refractivity contribution in [2.45, 2.75) is 25.9 Å². The number of rotatable bonds is 2. The predicted octanol–water partition coefficient (Wildman–Crippen LogP) is -0.613. The monoisotopic (exact) mass is 237 g/mol. The van der Waals surface area contributed by atoms with Crippen molar-refractivity contribution in [2.75, 3.05) is 26.2 Å². The molecule has 1 saturated heterocycles. The smallest absolute Gasteiger partial charge is 0.317 e. The van der Waals surface area contributed by atoms with Crippen molar-refractivity contribution in [3.05, 3.63) is 16.3 Å². The number of aromatic amines is 1. The first-order chi connectivity index (χ1) is 8.33. The lowest BCUT2D eigenvalue weighted by Gasteiger charge is -2.32. The average molecular weight is 237 g/mol. The summed E-state index contributed by atoms with van der Waals surface area (Å²) >= 11 is 0. The fraction of sp³-hybridized carbons (Fsp3) is 0.818. The van der Waals surface area contributed by atoms with E-state index in [2.05, 4.69) is 20.4 Å². The average Bonchev–Trinajstić information content (AvgIpc) is 2.72. The molecule has 17 heavy (non-hydrogen) atoms. The van der Waals surface area contributed by atoms with Gasteiger partial charge >= 0.3 is 5.69 Å². The van der Waals surface area contributed by atoms with Gasteiger partial charge in [0.15, 0.2) is 0 Å². The zero-order valence-corrected chi connectivity index (χ0v) is 9.98. The maximum Gasteiger partial charge on any atom is 0.343 e. The van der Waals surface area contributed by atoms with E-state index in [0.717, 1.165) is 51.0 Å². The Hall–Kier alpha value is -1.14. The first-order valence-electron chi connectivity index (χ1n) is 6.40. The van der Waals surface area contributed by atoms with Gasteiger partial charge in [0, 0.05) is 19.6 Å². The SMILES string of the molecule is O=c1[nH]nc2n1CCN(CC1CCNCC1)C2. The van der Waals surface area contributed by atoms with E-state index in [0.29, 0.717) is 0 Å². The van der Waals surface area contributed by atoms with Crippen LogP contribution in [0.25, 0.3) is 0 Å². The van der Waals surface area contributed by atoms with Gasteiger partial charge in [0.25, 0.3) is 0 Å². The molecule has 1 aromatic rings. The molecule has 0 aliphatic carbocycles. The maximum atomic E-state index is 11.4. The third-order valence-electron chi connectivity index (χ3n) is 3.82. The number of fused-ring (bicyclic) bond motifs is 1. The molecule has 3 heterocycles. The lowest BCUT2D eigenvalue weighted by atomic mass is 9.97. The van der Waals surface area contributed by atoms with Crippen molar-refractivity contribution in [1.82, 2.24) is 25.0 Å². The van der Waals surface area contributed by atoms with Gasteiger partial charge in [-0.15, -0.1) is 0 Å². The fourth-order valence-electron chi connectivity index (χ4n) is 2.81. The molecule has 0 aromatic carbocycles. The maximum absolute atomic E-state index is 11.4. The van der Waals surface area contributed by atoms with Crippen LogP contribution in [0.3, 0.4) is 0 Å². The number of nitrogens with zero attached hydrogens (tertiary/aromatic N) is 3. The molecule has 2 aliphatic rings. The van der Waals surface area contributed by atoms with Crippen molar-refractivity contribution >= 4 is 0 Å². The molecule has 0 atom stereocenters. The Morgan fingerprint density at radius 1 is 1.29 bits per heavy atom. The Bertz CT molecular complexity index is 431. The molecular formula is C11H19N5O. The standard InChI is InChI=1S/C11H19N5O/c17-11-14-13-10-8-15(5-6-16(10)11)7-9-1-3-12-4-2-9/h9,12H,1-8H2,(H,14,17). The Morgan fingerprint density at radius 3 is 2.94 bits per heavy atom. The van der Waals surface area contributed by atoms with E-state index in [1.807, 2.05) is 0 Å². The summed E-state index contributed by atoms with van der Waals surface area (Å²) in [6.07, 6.45) is 2.54. The van der Waals surface area contributed by atoms with Gasteiger partial charge in [-0.25, -0.2) is 9.89 Å². The number of hydrogen-bond acceptors (Lipinski definition) is 4. The second-order valence-electron chi connectivity index (χ2n) is 5.03. The van der Waals surface area contributed by atoms with Crippen molar-refractivity contribution in [2.24, 2.45) is 5.92 Å². The molecule has 0 saturated carbocycles. The second-order valence-corrected chi connectivity index (χ2v) is 5.03. The van der Waals surface area contributed by atoms with E-state index in [4.69, 9.17) is 0 Å². The zero-order valence-electron chi connectivity index (χ0n) is 9.98. The second kappa shape index (κ2) is 4.62. The van der Waals surface area contributed by atoms with Crippen LogP contribution in [0.15, 0.2) is 4.79 Å². The highest BCUT2D eigenvalue weighted by Crippen LogP contribution is 2.16. The predicted molar refractivity (Wildman–Crippen MR) is 63.7 cm³/mol. The highest BCUT2D eigenvalue weighted by molar-refractivity contribution is 4.91. The molecule has 1 aromatic heterocycles. The molecule has 94 valence electrons. The van der Waals surface area contributed by atoms with Crippen molar-refractivity contribution in [1.29, 1.82) is 0 Å². The summed E-state index contributed by atoms with van der Waals surface area (Å²) in [6, 6.07) is 0. The fourth-order valence-corrected chi connectivity index (χ4v) is 2.81. The van der Waals surface area contributed by atoms with Crippen LogP contribution >= 0.6 is 0 Å². The molecule has 6 heteroatoms. The molecule has 0 amide bonds. The van der Waals surface area contributed by atoms with Crippen molar-refractivity contribution in [3.8, 4) is 0 Å². The lowest BCUT2D eigenvalue weighted by Crippen LogP contribution is -2.41. The summed E-state index contributed by atoms with van der Waals surface area (Å²) in [7, 11) is 0. The summed E-state index contributed by atoms with van der Waals surface area (Å²) in [5.41, 5.74) is -0.0680. The van der Waals surface area contributed by atoms with Crippen LogP contribution in [0.4, 0.5) is 0 Å². The van der Waals surface area contributed by atoms with Gasteiger partial charge in [-0.2, -0.15) is 5.10 Å². The third kappa shape index (κ3) is 2.28.